The minimum atomic E-state index is -1.04. The van der Waals surface area contributed by atoms with Crippen LogP contribution in [0.5, 0.6) is 0 Å². The van der Waals surface area contributed by atoms with Crippen LogP contribution < -0.4 is 5.73 Å². The zero-order valence-corrected chi connectivity index (χ0v) is 14.1. The van der Waals surface area contributed by atoms with Crippen LogP contribution in [0.3, 0.4) is 0 Å². The highest BCUT2D eigenvalue weighted by atomic mass is 16.6. The Morgan fingerprint density at radius 1 is 1.32 bits per heavy atom. The molecule has 0 saturated carbocycles. The molecule has 0 aromatic heterocycles. The maximum absolute atomic E-state index is 12.4. The molecule has 8 nitrogen and oxygen atoms in total. The van der Waals surface area contributed by atoms with Gasteiger partial charge in [-0.25, -0.2) is 4.79 Å². The Bertz CT molecular complexity index is 809. The third-order valence-electron chi connectivity index (χ3n) is 3.80. The molecule has 8 heteroatoms. The number of nitro benzene ring substituents is 1. The van der Waals surface area contributed by atoms with Gasteiger partial charge in [0.25, 0.3) is 5.69 Å². The smallest absolute Gasteiger partial charge is 0.340 e. The Hall–Kier alpha value is -3.16. The first-order chi connectivity index (χ1) is 11.8. The third kappa shape index (κ3) is 3.37. The molecule has 0 bridgehead atoms. The second kappa shape index (κ2) is 7.16. The average Bonchev–Trinajstić information content (AvgIpc) is 2.53. The molecule has 1 atom stereocenters. The van der Waals surface area contributed by atoms with Crippen LogP contribution in [0.4, 0.5) is 5.69 Å². The summed E-state index contributed by atoms with van der Waals surface area (Å²) in [4.78, 5) is 35.4. The summed E-state index contributed by atoms with van der Waals surface area (Å²) in [5.41, 5.74) is 5.82. The molecule has 0 fully saturated rings. The molecule has 1 aromatic rings. The van der Waals surface area contributed by atoms with Crippen LogP contribution in [-0.2, 0) is 19.1 Å². The molecule has 25 heavy (non-hydrogen) atoms. The minimum absolute atomic E-state index is 0.0807. The highest BCUT2D eigenvalue weighted by Crippen LogP contribution is 2.43. The van der Waals surface area contributed by atoms with E-state index in [1.807, 2.05) is 0 Å². The first-order valence-electron chi connectivity index (χ1n) is 7.59. The van der Waals surface area contributed by atoms with Crippen molar-refractivity contribution in [2.45, 2.75) is 26.7 Å². The van der Waals surface area contributed by atoms with E-state index in [9.17, 15) is 19.7 Å². The number of ether oxygens (including phenoxy) is 2. The lowest BCUT2D eigenvalue weighted by molar-refractivity contribution is -0.385. The van der Waals surface area contributed by atoms with Crippen molar-refractivity contribution in [1.82, 2.24) is 0 Å². The Labute approximate surface area is 144 Å². The van der Waals surface area contributed by atoms with Crippen LogP contribution in [0.25, 0.3) is 0 Å². The van der Waals surface area contributed by atoms with Crippen LogP contribution >= 0.6 is 0 Å². The van der Waals surface area contributed by atoms with Crippen molar-refractivity contribution >= 4 is 17.4 Å². The number of hydrogen-bond donors (Lipinski definition) is 1. The summed E-state index contributed by atoms with van der Waals surface area (Å²) < 4.78 is 10.3. The number of nitrogens with two attached hydrogens (primary N) is 1. The largest absolute Gasteiger partial charge is 0.462 e. The van der Waals surface area contributed by atoms with Crippen LogP contribution in [-0.4, -0.2) is 23.3 Å². The summed E-state index contributed by atoms with van der Waals surface area (Å²) in [6.07, 6.45) is 0. The highest BCUT2D eigenvalue weighted by molar-refractivity contribution is 6.01. The molecule has 1 aromatic carbocycles. The van der Waals surface area contributed by atoms with E-state index in [1.54, 1.807) is 13.0 Å². The van der Waals surface area contributed by atoms with Crippen LogP contribution in [0, 0.1) is 10.1 Å². The molecule has 1 aliphatic heterocycles. The van der Waals surface area contributed by atoms with E-state index in [0.29, 0.717) is 0 Å². The van der Waals surface area contributed by atoms with Gasteiger partial charge in [0.1, 0.15) is 11.3 Å². The number of carbonyl (C=O) groups is 2. The number of nitrogens with zero attached hydrogens (tertiary/aromatic N) is 1. The van der Waals surface area contributed by atoms with E-state index in [1.165, 1.54) is 32.0 Å². The highest BCUT2D eigenvalue weighted by Gasteiger charge is 2.40. The molecule has 132 valence electrons. The molecule has 0 radical (unpaired) electrons. The van der Waals surface area contributed by atoms with Gasteiger partial charge in [0.15, 0.2) is 5.78 Å². The normalized spacial score (nSPS) is 17.2. The Kier molecular flexibility index (Phi) is 5.21. The summed E-state index contributed by atoms with van der Waals surface area (Å²) in [5, 5.41) is 11.4. The molecular formula is C17H18N2O6. The zero-order valence-electron chi connectivity index (χ0n) is 14.1. The van der Waals surface area contributed by atoms with E-state index in [-0.39, 0.29) is 46.4 Å². The van der Waals surface area contributed by atoms with Gasteiger partial charge in [-0.3, -0.25) is 14.9 Å². The summed E-state index contributed by atoms with van der Waals surface area (Å²) >= 11 is 0. The molecule has 0 saturated heterocycles. The Balaban J connectivity index is 2.77. The second-order valence-corrected chi connectivity index (χ2v) is 5.38. The number of hydrogen-bond acceptors (Lipinski definition) is 7. The van der Waals surface area contributed by atoms with Gasteiger partial charge in [-0.2, -0.15) is 0 Å². The van der Waals surface area contributed by atoms with Crippen LogP contribution in [0.15, 0.2) is 47.1 Å². The van der Waals surface area contributed by atoms with Crippen LogP contribution in [0.2, 0.25) is 0 Å². The summed E-state index contributed by atoms with van der Waals surface area (Å²) in [5.74, 6) is -2.23. The summed E-state index contributed by atoms with van der Waals surface area (Å²) in [6.45, 7) is 4.52. The summed E-state index contributed by atoms with van der Waals surface area (Å²) in [7, 11) is 0. The second-order valence-electron chi connectivity index (χ2n) is 5.38. The maximum Gasteiger partial charge on any atom is 0.340 e. The molecule has 2 rings (SSSR count). The van der Waals surface area contributed by atoms with E-state index < -0.39 is 16.8 Å². The van der Waals surface area contributed by atoms with Gasteiger partial charge in [0.2, 0.25) is 5.88 Å². The first kappa shape index (κ1) is 18.2. The van der Waals surface area contributed by atoms with E-state index >= 15 is 0 Å². The fourth-order valence-corrected chi connectivity index (χ4v) is 2.85. The molecule has 1 aliphatic rings. The quantitative estimate of drug-likeness (QED) is 0.493. The number of benzene rings is 1. The molecule has 2 N–H and O–H groups in total. The van der Waals surface area contributed by atoms with Crippen molar-refractivity contribution in [3.63, 3.8) is 0 Å². The molecule has 0 aliphatic carbocycles. The topological polar surface area (TPSA) is 122 Å². The molecule has 1 heterocycles. The molecule has 0 spiro atoms. The fraction of sp³-hybridized carbons (Fsp3) is 0.294. The van der Waals surface area contributed by atoms with Gasteiger partial charge in [-0.1, -0.05) is 18.2 Å². The SMILES string of the molecule is CCOC(=O)C1=C(N)OC(C)=C(C(C)=O)[C@H]1c1ccccc1[N+](=O)[O-]. The number of Topliss-reactive ketones (excluding diaryl/α,β-unsaturated/α-hetero) is 1. The predicted molar refractivity (Wildman–Crippen MR) is 88.1 cm³/mol. The number of para-hydroxylation sites is 1. The number of carbonyl (C=O) groups excluding carboxylic acids is 2. The number of nitro groups is 1. The van der Waals surface area contributed by atoms with E-state index in [0.717, 1.165) is 0 Å². The van der Waals surface area contributed by atoms with Gasteiger partial charge in [0, 0.05) is 17.2 Å². The van der Waals surface area contributed by atoms with Gasteiger partial charge in [0.05, 0.1) is 17.4 Å². The summed E-state index contributed by atoms with van der Waals surface area (Å²) in [6, 6.07) is 5.87. The lowest BCUT2D eigenvalue weighted by atomic mass is 9.80. The molecular weight excluding hydrogens is 328 g/mol. The van der Waals surface area contributed by atoms with Crippen molar-refractivity contribution in [3.05, 3.63) is 62.7 Å². The number of allylic oxidation sites excluding steroid dienone is 2. The van der Waals surface area contributed by atoms with Gasteiger partial charge >= 0.3 is 5.97 Å². The Morgan fingerprint density at radius 3 is 2.52 bits per heavy atom. The van der Waals surface area contributed by atoms with Crippen molar-refractivity contribution in [3.8, 4) is 0 Å². The minimum Gasteiger partial charge on any atom is -0.462 e. The molecule has 0 amide bonds. The van der Waals surface area contributed by atoms with Crippen molar-refractivity contribution in [2.24, 2.45) is 5.73 Å². The third-order valence-corrected chi connectivity index (χ3v) is 3.80. The van der Waals surface area contributed by atoms with E-state index in [4.69, 9.17) is 15.2 Å². The van der Waals surface area contributed by atoms with E-state index in [2.05, 4.69) is 0 Å². The standard InChI is InChI=1S/C17H18N2O6/c1-4-24-17(21)15-14(11-7-5-6-8-12(11)19(22)23)13(9(2)20)10(3)25-16(15)18/h5-8,14H,4,18H2,1-3H3/t14-/m1/s1. The molecule has 0 unspecified atom stereocenters. The van der Waals surface area contributed by atoms with Gasteiger partial charge in [-0.15, -0.1) is 0 Å². The number of rotatable bonds is 5. The monoisotopic (exact) mass is 346 g/mol. The van der Waals surface area contributed by atoms with Crippen molar-refractivity contribution in [1.29, 1.82) is 0 Å². The average molecular weight is 346 g/mol. The number of esters is 1. The fourth-order valence-electron chi connectivity index (χ4n) is 2.85. The predicted octanol–water partition coefficient (Wildman–Crippen LogP) is 2.31. The van der Waals surface area contributed by atoms with Crippen molar-refractivity contribution < 1.29 is 24.0 Å². The maximum atomic E-state index is 12.4. The lowest BCUT2D eigenvalue weighted by Crippen LogP contribution is -2.29. The van der Waals surface area contributed by atoms with Gasteiger partial charge in [-0.05, 0) is 20.8 Å². The van der Waals surface area contributed by atoms with Gasteiger partial charge < -0.3 is 15.2 Å². The first-order valence-corrected chi connectivity index (χ1v) is 7.59. The van der Waals surface area contributed by atoms with Crippen molar-refractivity contribution in [2.75, 3.05) is 6.61 Å². The van der Waals surface area contributed by atoms with Crippen LogP contribution in [0.1, 0.15) is 32.3 Å². The lowest BCUT2D eigenvalue weighted by Gasteiger charge is -2.28. The number of ketones is 1. The Morgan fingerprint density at radius 2 is 1.96 bits per heavy atom. The zero-order chi connectivity index (χ0) is 18.7.